The molecule has 8 heteroatoms. The number of ether oxygens (including phenoxy) is 1. The molecule has 0 atom stereocenters. The lowest BCUT2D eigenvalue weighted by atomic mass is 10.1. The predicted molar refractivity (Wildman–Crippen MR) is 131 cm³/mol. The third kappa shape index (κ3) is 5.73. The highest BCUT2D eigenvalue weighted by atomic mass is 35.5. The van der Waals surface area contributed by atoms with E-state index in [9.17, 15) is 14.4 Å². The van der Waals surface area contributed by atoms with Gasteiger partial charge in [-0.15, -0.1) is 0 Å². The molecular weight excluding hydrogens is 477 g/mol. The molecule has 0 spiro atoms. The van der Waals surface area contributed by atoms with Crippen molar-refractivity contribution < 1.29 is 18.7 Å². The highest BCUT2D eigenvalue weighted by molar-refractivity contribution is 6.35. The SMILES string of the molecule is O=C(/C=C/c1ccc(Cl)cc1Cl)Oc1ccc2cc(C(=O)NCc3ccccc3)c(=O)oc2c1. The number of amides is 1. The average Bonchev–Trinajstić information content (AvgIpc) is 2.82. The molecule has 0 aliphatic rings. The first-order chi connectivity index (χ1) is 16.4. The second-order valence-electron chi connectivity index (χ2n) is 7.24. The fourth-order valence-electron chi connectivity index (χ4n) is 3.13. The maximum absolute atomic E-state index is 12.5. The molecule has 0 saturated heterocycles. The molecule has 0 saturated carbocycles. The van der Waals surface area contributed by atoms with E-state index in [1.807, 2.05) is 30.3 Å². The Morgan fingerprint density at radius 2 is 1.76 bits per heavy atom. The molecule has 4 aromatic rings. The molecule has 170 valence electrons. The van der Waals surface area contributed by atoms with Gasteiger partial charge in [0.2, 0.25) is 0 Å². The van der Waals surface area contributed by atoms with Gasteiger partial charge in [0.05, 0.1) is 0 Å². The van der Waals surface area contributed by atoms with Gasteiger partial charge < -0.3 is 14.5 Å². The van der Waals surface area contributed by atoms with E-state index in [0.29, 0.717) is 21.0 Å². The standard InChI is InChI=1S/C26H17Cl2NO5/c27-19-9-6-17(22(28)13-19)8-11-24(30)33-20-10-7-18-12-21(26(32)34-23(18)14-20)25(31)29-15-16-4-2-1-3-5-16/h1-14H,15H2,(H,29,31)/b11-8+. The van der Waals surface area contributed by atoms with Crippen LogP contribution < -0.4 is 15.7 Å². The van der Waals surface area contributed by atoms with Gasteiger partial charge in [-0.05, 0) is 47.5 Å². The van der Waals surface area contributed by atoms with Gasteiger partial charge in [0, 0.05) is 34.1 Å². The van der Waals surface area contributed by atoms with E-state index < -0.39 is 17.5 Å². The van der Waals surface area contributed by atoms with E-state index >= 15 is 0 Å². The van der Waals surface area contributed by atoms with Crippen molar-refractivity contribution >= 4 is 52.1 Å². The second kappa shape index (κ2) is 10.4. The number of nitrogens with one attached hydrogen (secondary N) is 1. The van der Waals surface area contributed by atoms with Crippen LogP contribution in [-0.2, 0) is 11.3 Å². The number of rotatable bonds is 6. The van der Waals surface area contributed by atoms with E-state index in [4.69, 9.17) is 32.4 Å². The Kier molecular flexibility index (Phi) is 7.11. The maximum Gasteiger partial charge on any atom is 0.349 e. The first-order valence-electron chi connectivity index (χ1n) is 10.1. The molecular formula is C26H17Cl2NO5. The van der Waals surface area contributed by atoms with Gasteiger partial charge in [-0.2, -0.15) is 0 Å². The second-order valence-corrected chi connectivity index (χ2v) is 8.08. The average molecular weight is 494 g/mol. The molecule has 0 bridgehead atoms. The smallest absolute Gasteiger partial charge is 0.349 e. The highest BCUT2D eigenvalue weighted by Gasteiger charge is 2.14. The summed E-state index contributed by atoms with van der Waals surface area (Å²) in [6.45, 7) is 0.279. The summed E-state index contributed by atoms with van der Waals surface area (Å²) in [5.74, 6) is -1.01. The molecule has 1 aromatic heterocycles. The van der Waals surface area contributed by atoms with Gasteiger partial charge in [0.25, 0.3) is 5.91 Å². The number of hydrogen-bond donors (Lipinski definition) is 1. The summed E-state index contributed by atoms with van der Waals surface area (Å²) in [6.07, 6.45) is 2.72. The number of halogens is 2. The van der Waals surface area contributed by atoms with Gasteiger partial charge in [-0.1, -0.05) is 59.6 Å². The molecule has 1 amide bonds. The summed E-state index contributed by atoms with van der Waals surface area (Å²) in [5.41, 5.74) is 0.778. The lowest BCUT2D eigenvalue weighted by Crippen LogP contribution is -2.27. The molecule has 6 nitrogen and oxygen atoms in total. The van der Waals surface area contributed by atoms with Crippen LogP contribution in [0.2, 0.25) is 10.0 Å². The molecule has 3 aromatic carbocycles. The normalized spacial score (nSPS) is 11.0. The van der Waals surface area contributed by atoms with Crippen LogP contribution in [0.3, 0.4) is 0 Å². The summed E-state index contributed by atoms with van der Waals surface area (Å²) in [7, 11) is 0. The van der Waals surface area contributed by atoms with Crippen molar-refractivity contribution in [1.82, 2.24) is 5.32 Å². The maximum atomic E-state index is 12.5. The molecule has 34 heavy (non-hydrogen) atoms. The minimum atomic E-state index is -0.793. The molecule has 1 N–H and O–H groups in total. The van der Waals surface area contributed by atoms with Crippen molar-refractivity contribution in [2.45, 2.75) is 6.54 Å². The third-order valence-electron chi connectivity index (χ3n) is 4.83. The number of fused-ring (bicyclic) bond motifs is 1. The Bertz CT molecular complexity index is 1460. The van der Waals surface area contributed by atoms with Crippen LogP contribution in [0.15, 0.2) is 88.1 Å². The van der Waals surface area contributed by atoms with E-state index in [1.54, 1.807) is 24.3 Å². The van der Waals surface area contributed by atoms with E-state index in [0.717, 1.165) is 5.56 Å². The molecule has 1 heterocycles. The molecule has 0 aliphatic carbocycles. The molecule has 0 radical (unpaired) electrons. The minimum Gasteiger partial charge on any atom is -0.423 e. The first kappa shape index (κ1) is 23.3. The Morgan fingerprint density at radius 3 is 2.53 bits per heavy atom. The minimum absolute atomic E-state index is 0.115. The van der Waals surface area contributed by atoms with Crippen LogP contribution in [-0.4, -0.2) is 11.9 Å². The predicted octanol–water partition coefficient (Wildman–Crippen LogP) is 5.65. The molecule has 0 unspecified atom stereocenters. The van der Waals surface area contributed by atoms with Crippen LogP contribution in [0.5, 0.6) is 5.75 Å². The van der Waals surface area contributed by atoms with Gasteiger partial charge in [-0.3, -0.25) is 4.79 Å². The number of esters is 1. The first-order valence-corrected chi connectivity index (χ1v) is 10.9. The van der Waals surface area contributed by atoms with Crippen molar-refractivity contribution in [3.05, 3.63) is 116 Å². The zero-order valence-electron chi connectivity index (χ0n) is 17.6. The Morgan fingerprint density at radius 1 is 0.971 bits per heavy atom. The van der Waals surface area contributed by atoms with Crippen molar-refractivity contribution in [1.29, 1.82) is 0 Å². The number of carbonyl (C=O) groups is 2. The van der Waals surface area contributed by atoms with Gasteiger partial charge in [0.15, 0.2) is 0 Å². The van der Waals surface area contributed by atoms with Gasteiger partial charge in [-0.25, -0.2) is 9.59 Å². The van der Waals surface area contributed by atoms with Crippen LogP contribution in [0.25, 0.3) is 17.0 Å². The Labute approximate surface area is 204 Å². The van der Waals surface area contributed by atoms with Crippen LogP contribution in [0.1, 0.15) is 21.5 Å². The summed E-state index contributed by atoms with van der Waals surface area (Å²) in [4.78, 5) is 37.0. The highest BCUT2D eigenvalue weighted by Crippen LogP contribution is 2.23. The fourth-order valence-corrected chi connectivity index (χ4v) is 3.60. The lowest BCUT2D eigenvalue weighted by molar-refractivity contribution is -0.128. The topological polar surface area (TPSA) is 85.6 Å². The van der Waals surface area contributed by atoms with Crippen LogP contribution >= 0.6 is 23.2 Å². The van der Waals surface area contributed by atoms with Crippen molar-refractivity contribution in [3.8, 4) is 5.75 Å². The van der Waals surface area contributed by atoms with Gasteiger partial charge >= 0.3 is 11.6 Å². The third-order valence-corrected chi connectivity index (χ3v) is 5.39. The van der Waals surface area contributed by atoms with Crippen LogP contribution in [0.4, 0.5) is 0 Å². The Balaban J connectivity index is 1.46. The molecule has 0 fully saturated rings. The Hall–Kier alpha value is -3.87. The number of benzene rings is 3. The quantitative estimate of drug-likeness (QED) is 0.162. The van der Waals surface area contributed by atoms with E-state index in [2.05, 4.69) is 5.32 Å². The van der Waals surface area contributed by atoms with Crippen molar-refractivity contribution in [2.24, 2.45) is 0 Å². The molecule has 0 aliphatic heterocycles. The van der Waals surface area contributed by atoms with E-state index in [-0.39, 0.29) is 23.4 Å². The molecule has 4 rings (SSSR count). The summed E-state index contributed by atoms with van der Waals surface area (Å²) in [6, 6.07) is 20.2. The van der Waals surface area contributed by atoms with Crippen molar-refractivity contribution in [2.75, 3.05) is 0 Å². The number of carbonyl (C=O) groups excluding carboxylic acids is 2. The fraction of sp³-hybridized carbons (Fsp3) is 0.0385. The van der Waals surface area contributed by atoms with Gasteiger partial charge in [0.1, 0.15) is 16.9 Å². The lowest BCUT2D eigenvalue weighted by Gasteiger charge is -2.06. The zero-order valence-corrected chi connectivity index (χ0v) is 19.1. The zero-order chi connectivity index (χ0) is 24.1. The van der Waals surface area contributed by atoms with Crippen molar-refractivity contribution in [3.63, 3.8) is 0 Å². The summed E-state index contributed by atoms with van der Waals surface area (Å²) >= 11 is 11.9. The largest absolute Gasteiger partial charge is 0.423 e. The summed E-state index contributed by atoms with van der Waals surface area (Å²) in [5, 5.41) is 4.09. The van der Waals surface area contributed by atoms with E-state index in [1.165, 1.54) is 30.4 Å². The summed E-state index contributed by atoms with van der Waals surface area (Å²) < 4.78 is 10.6. The van der Waals surface area contributed by atoms with Crippen LogP contribution in [0, 0.1) is 0 Å². The monoisotopic (exact) mass is 493 g/mol. The number of hydrogen-bond acceptors (Lipinski definition) is 5.